The van der Waals surface area contributed by atoms with Crippen molar-refractivity contribution >= 4 is 17.5 Å². The topological polar surface area (TPSA) is 75.9 Å². The van der Waals surface area contributed by atoms with Crippen molar-refractivity contribution in [1.29, 1.82) is 0 Å². The van der Waals surface area contributed by atoms with E-state index in [-0.39, 0.29) is 30.3 Å². The van der Waals surface area contributed by atoms with Crippen molar-refractivity contribution in [3.8, 4) is 5.75 Å². The number of fused-ring (bicyclic) bond motifs is 1. The van der Waals surface area contributed by atoms with E-state index in [1.165, 1.54) is 6.92 Å². The van der Waals surface area contributed by atoms with E-state index in [1.807, 2.05) is 6.92 Å². The molecule has 0 aromatic heterocycles. The van der Waals surface area contributed by atoms with Crippen LogP contribution in [0.15, 0.2) is 18.2 Å². The largest absolute Gasteiger partial charge is 0.488 e. The Hall–Kier alpha value is -2.24. The highest BCUT2D eigenvalue weighted by Crippen LogP contribution is 2.27. The summed E-state index contributed by atoms with van der Waals surface area (Å²) in [6, 6.07) is 5.35. The second-order valence-corrected chi connectivity index (χ2v) is 6.35. The quantitative estimate of drug-likeness (QED) is 0.830. The lowest BCUT2D eigenvalue weighted by Crippen LogP contribution is -2.43. The molecule has 1 heterocycles. The number of carbonyl (C=O) groups excluding carboxylic acids is 2. The summed E-state index contributed by atoms with van der Waals surface area (Å²) in [7, 11) is 3.55. The van der Waals surface area contributed by atoms with Gasteiger partial charge >= 0.3 is 0 Å². The van der Waals surface area contributed by atoms with E-state index < -0.39 is 0 Å². The maximum atomic E-state index is 12.3. The van der Waals surface area contributed by atoms with Crippen LogP contribution in [0.25, 0.3) is 0 Å². The third-order valence-corrected chi connectivity index (χ3v) is 4.32. The number of likely N-dealkylation sites (N-methyl/N-ethyl adjacent to an activating group) is 2. The van der Waals surface area contributed by atoms with Gasteiger partial charge in [0.15, 0.2) is 0 Å². The van der Waals surface area contributed by atoms with E-state index in [1.54, 1.807) is 42.1 Å². The summed E-state index contributed by atoms with van der Waals surface area (Å²) in [5, 5.41) is 0. The first-order valence-corrected chi connectivity index (χ1v) is 7.78. The Morgan fingerprint density at radius 2 is 2.17 bits per heavy atom. The molecule has 6 nitrogen and oxygen atoms in total. The molecule has 1 aliphatic heterocycles. The molecule has 1 aliphatic rings. The fourth-order valence-corrected chi connectivity index (χ4v) is 2.70. The molecule has 0 spiro atoms. The van der Waals surface area contributed by atoms with Crippen LogP contribution >= 0.6 is 0 Å². The van der Waals surface area contributed by atoms with Gasteiger partial charge in [0.1, 0.15) is 11.9 Å². The van der Waals surface area contributed by atoms with Crippen molar-refractivity contribution in [3.63, 3.8) is 0 Å². The van der Waals surface area contributed by atoms with Gasteiger partial charge in [0.25, 0.3) is 0 Å². The van der Waals surface area contributed by atoms with Crippen LogP contribution in [0.3, 0.4) is 0 Å². The van der Waals surface area contributed by atoms with Gasteiger partial charge in [-0.1, -0.05) is 6.92 Å². The number of amides is 2. The van der Waals surface area contributed by atoms with Gasteiger partial charge in [-0.15, -0.1) is 0 Å². The third kappa shape index (κ3) is 4.15. The average molecular weight is 319 g/mol. The zero-order valence-electron chi connectivity index (χ0n) is 14.2. The number of hydrogen-bond acceptors (Lipinski definition) is 4. The number of benzene rings is 1. The number of nitrogens with zero attached hydrogens (tertiary/aromatic N) is 2. The van der Waals surface area contributed by atoms with Gasteiger partial charge in [-0.25, -0.2) is 0 Å². The van der Waals surface area contributed by atoms with Gasteiger partial charge < -0.3 is 20.3 Å². The predicted octanol–water partition coefficient (Wildman–Crippen LogP) is 1.15. The highest BCUT2D eigenvalue weighted by Gasteiger charge is 2.28. The maximum absolute atomic E-state index is 12.3. The van der Waals surface area contributed by atoms with Crippen molar-refractivity contribution in [2.24, 2.45) is 5.92 Å². The zero-order valence-corrected chi connectivity index (χ0v) is 14.2. The fraction of sp³-hybridized carbons (Fsp3) is 0.529. The molecule has 23 heavy (non-hydrogen) atoms. The van der Waals surface area contributed by atoms with Crippen molar-refractivity contribution < 1.29 is 14.3 Å². The molecule has 0 saturated heterocycles. The third-order valence-electron chi connectivity index (χ3n) is 4.32. The Bertz CT molecular complexity index is 603. The summed E-state index contributed by atoms with van der Waals surface area (Å²) >= 11 is 0. The maximum Gasteiger partial charge on any atom is 0.226 e. The molecule has 2 N–H and O–H groups in total. The summed E-state index contributed by atoms with van der Waals surface area (Å²) in [6.07, 6.45) is 0.0680. The minimum Gasteiger partial charge on any atom is -0.488 e. The number of rotatable bonds is 2. The van der Waals surface area contributed by atoms with Crippen LogP contribution in [0.4, 0.5) is 5.69 Å². The summed E-state index contributed by atoms with van der Waals surface area (Å²) in [5.41, 5.74) is 7.23. The van der Waals surface area contributed by atoms with Crippen LogP contribution < -0.4 is 10.5 Å². The summed E-state index contributed by atoms with van der Waals surface area (Å²) < 4.78 is 6.17. The molecule has 1 aromatic rings. The SMILES string of the molecule is CC(=O)N(C)C[C@@H]1Oc2ccc(N)cc2CC(=O)N(C)C[C@@H]1C. The number of ether oxygens (including phenoxy) is 1. The van der Waals surface area contributed by atoms with Crippen LogP contribution in [0, 0.1) is 5.92 Å². The molecule has 0 radical (unpaired) electrons. The van der Waals surface area contributed by atoms with Gasteiger partial charge in [-0.2, -0.15) is 0 Å². The molecule has 0 aliphatic carbocycles. The summed E-state index contributed by atoms with van der Waals surface area (Å²) in [5.74, 6) is 0.779. The highest BCUT2D eigenvalue weighted by molar-refractivity contribution is 5.80. The first kappa shape index (κ1) is 17.1. The normalized spacial score (nSPS) is 21.6. The zero-order chi connectivity index (χ0) is 17.1. The minimum absolute atomic E-state index is 0.0115. The smallest absolute Gasteiger partial charge is 0.226 e. The monoisotopic (exact) mass is 319 g/mol. The van der Waals surface area contributed by atoms with Crippen molar-refractivity contribution in [3.05, 3.63) is 23.8 Å². The van der Waals surface area contributed by atoms with Crippen molar-refractivity contribution in [2.45, 2.75) is 26.4 Å². The minimum atomic E-state index is -0.195. The number of hydrogen-bond donors (Lipinski definition) is 1. The molecule has 2 atom stereocenters. The first-order chi connectivity index (χ1) is 10.8. The molecule has 6 heteroatoms. The van der Waals surface area contributed by atoms with E-state index >= 15 is 0 Å². The molecule has 2 rings (SSSR count). The Balaban J connectivity index is 2.35. The van der Waals surface area contributed by atoms with Gasteiger partial charge in [0, 0.05) is 44.7 Å². The van der Waals surface area contributed by atoms with Crippen LogP contribution in [-0.2, 0) is 16.0 Å². The van der Waals surface area contributed by atoms with Gasteiger partial charge in [-0.05, 0) is 18.2 Å². The first-order valence-electron chi connectivity index (χ1n) is 7.78. The highest BCUT2D eigenvalue weighted by atomic mass is 16.5. The lowest BCUT2D eigenvalue weighted by atomic mass is 10.0. The van der Waals surface area contributed by atoms with Gasteiger partial charge in [0.2, 0.25) is 11.8 Å². The van der Waals surface area contributed by atoms with E-state index in [2.05, 4.69) is 0 Å². The number of carbonyl (C=O) groups is 2. The molecule has 1 aromatic carbocycles. The fourth-order valence-electron chi connectivity index (χ4n) is 2.70. The lowest BCUT2D eigenvalue weighted by molar-refractivity contribution is -0.131. The van der Waals surface area contributed by atoms with E-state index in [4.69, 9.17) is 10.5 Å². The molecule has 0 unspecified atom stereocenters. The summed E-state index contributed by atoms with van der Waals surface area (Å²) in [4.78, 5) is 27.2. The van der Waals surface area contributed by atoms with Crippen LogP contribution in [0.1, 0.15) is 19.4 Å². The standard InChI is InChI=1S/C17H25N3O3/c1-11-9-20(4)17(22)8-13-7-14(18)5-6-15(13)23-16(11)10-19(3)12(2)21/h5-7,11,16H,8-10,18H2,1-4H3/t11-,16-/m0/s1. The van der Waals surface area contributed by atoms with Gasteiger partial charge in [0.05, 0.1) is 13.0 Å². The molecular formula is C17H25N3O3. The molecule has 0 bridgehead atoms. The number of nitrogen functional groups attached to an aromatic ring is 1. The van der Waals surface area contributed by atoms with Crippen molar-refractivity contribution in [2.75, 3.05) is 32.9 Å². The number of anilines is 1. The summed E-state index contributed by atoms with van der Waals surface area (Å²) in [6.45, 7) is 4.62. The van der Waals surface area contributed by atoms with E-state index in [0.29, 0.717) is 24.5 Å². The Morgan fingerprint density at radius 1 is 1.48 bits per heavy atom. The molecular weight excluding hydrogens is 294 g/mol. The second-order valence-electron chi connectivity index (χ2n) is 6.35. The number of nitrogens with two attached hydrogens (primary N) is 1. The van der Waals surface area contributed by atoms with Crippen LogP contribution in [0.5, 0.6) is 5.75 Å². The van der Waals surface area contributed by atoms with E-state index in [0.717, 1.165) is 5.56 Å². The average Bonchev–Trinajstić information content (AvgIpc) is 2.51. The Kier molecular flexibility index (Phi) is 5.13. The van der Waals surface area contributed by atoms with Crippen LogP contribution in [-0.4, -0.2) is 54.9 Å². The molecule has 0 fully saturated rings. The predicted molar refractivity (Wildman–Crippen MR) is 89.1 cm³/mol. The second kappa shape index (κ2) is 6.89. The molecule has 126 valence electrons. The van der Waals surface area contributed by atoms with Crippen LogP contribution in [0.2, 0.25) is 0 Å². The Morgan fingerprint density at radius 3 is 2.83 bits per heavy atom. The van der Waals surface area contributed by atoms with Crippen molar-refractivity contribution in [1.82, 2.24) is 9.80 Å². The van der Waals surface area contributed by atoms with E-state index in [9.17, 15) is 9.59 Å². The lowest BCUT2D eigenvalue weighted by Gasteiger charge is -2.30. The van der Waals surface area contributed by atoms with Gasteiger partial charge in [-0.3, -0.25) is 9.59 Å². The Labute approximate surface area is 137 Å². The molecule has 2 amide bonds. The molecule has 0 saturated carbocycles.